The smallest absolute Gasteiger partial charge is 0.328 e. The molecule has 0 saturated carbocycles. The number of unbranched alkanes of at least 4 members (excludes halogenated alkanes) is 1. The zero-order valence-corrected chi connectivity index (χ0v) is 11.0. The number of aromatic nitrogens is 4. The number of halogens is 1. The van der Waals surface area contributed by atoms with Gasteiger partial charge < -0.3 is 5.11 Å². The lowest BCUT2D eigenvalue weighted by Crippen LogP contribution is -2.21. The van der Waals surface area contributed by atoms with Crippen molar-refractivity contribution in [1.29, 1.82) is 0 Å². The van der Waals surface area contributed by atoms with Gasteiger partial charge in [0.1, 0.15) is 5.82 Å². The highest BCUT2D eigenvalue weighted by molar-refractivity contribution is 5.72. The minimum absolute atomic E-state index is 0.327. The van der Waals surface area contributed by atoms with Gasteiger partial charge in [-0.3, -0.25) is 0 Å². The van der Waals surface area contributed by atoms with E-state index >= 15 is 0 Å². The summed E-state index contributed by atoms with van der Waals surface area (Å²) >= 11 is 0. The highest BCUT2D eigenvalue weighted by Crippen LogP contribution is 2.22. The van der Waals surface area contributed by atoms with Gasteiger partial charge in [-0.2, -0.15) is 0 Å². The van der Waals surface area contributed by atoms with E-state index in [2.05, 4.69) is 15.5 Å². The van der Waals surface area contributed by atoms with Gasteiger partial charge in [0.2, 0.25) is 0 Å². The highest BCUT2D eigenvalue weighted by atomic mass is 19.1. The van der Waals surface area contributed by atoms with Gasteiger partial charge in [-0.05, 0) is 41.1 Å². The Hall–Kier alpha value is -2.31. The molecule has 0 bridgehead atoms. The molecular formula is C13H15FN4O2. The van der Waals surface area contributed by atoms with E-state index in [1.165, 1.54) is 28.9 Å². The number of tetrazole rings is 1. The fourth-order valence-corrected chi connectivity index (χ4v) is 1.94. The van der Waals surface area contributed by atoms with Crippen molar-refractivity contribution in [3.63, 3.8) is 0 Å². The zero-order chi connectivity index (χ0) is 14.5. The summed E-state index contributed by atoms with van der Waals surface area (Å²) in [7, 11) is 0. The molecule has 7 heteroatoms. The van der Waals surface area contributed by atoms with E-state index in [9.17, 15) is 14.3 Å². The molecule has 1 N–H and O–H groups in total. The van der Waals surface area contributed by atoms with Crippen LogP contribution in [0.25, 0.3) is 11.4 Å². The maximum Gasteiger partial charge on any atom is 0.328 e. The molecule has 0 saturated heterocycles. The Morgan fingerprint density at radius 1 is 1.40 bits per heavy atom. The van der Waals surface area contributed by atoms with Crippen LogP contribution in [0.4, 0.5) is 4.39 Å². The molecule has 2 aromatic rings. The Balaban J connectivity index is 2.35. The molecule has 0 aliphatic heterocycles. The van der Waals surface area contributed by atoms with Gasteiger partial charge in [-0.1, -0.05) is 19.8 Å². The first-order valence-corrected chi connectivity index (χ1v) is 6.40. The van der Waals surface area contributed by atoms with Crippen LogP contribution in [0.1, 0.15) is 32.2 Å². The van der Waals surface area contributed by atoms with Crippen LogP contribution in [0, 0.1) is 5.82 Å². The van der Waals surface area contributed by atoms with Gasteiger partial charge in [-0.15, -0.1) is 5.10 Å². The Labute approximate surface area is 115 Å². The Bertz CT molecular complexity index is 582. The fourth-order valence-electron chi connectivity index (χ4n) is 1.94. The summed E-state index contributed by atoms with van der Waals surface area (Å²) in [4.78, 5) is 11.4. The number of hydrogen-bond acceptors (Lipinski definition) is 4. The third-order valence-electron chi connectivity index (χ3n) is 3.01. The summed E-state index contributed by atoms with van der Waals surface area (Å²) in [5, 5.41) is 20.5. The lowest BCUT2D eigenvalue weighted by Gasteiger charge is -2.13. The summed E-state index contributed by atoms with van der Waals surface area (Å²) in [6.07, 6.45) is 2.10. The van der Waals surface area contributed by atoms with Crippen molar-refractivity contribution in [1.82, 2.24) is 20.2 Å². The molecular weight excluding hydrogens is 263 g/mol. The Morgan fingerprint density at radius 3 is 2.70 bits per heavy atom. The first-order chi connectivity index (χ1) is 9.63. The zero-order valence-electron chi connectivity index (χ0n) is 11.0. The van der Waals surface area contributed by atoms with Gasteiger partial charge >= 0.3 is 5.97 Å². The summed E-state index contributed by atoms with van der Waals surface area (Å²) in [5.41, 5.74) is 0.583. The molecule has 2 rings (SSSR count). The largest absolute Gasteiger partial charge is 0.480 e. The minimum atomic E-state index is -0.978. The molecule has 106 valence electrons. The molecule has 0 spiro atoms. The second-order valence-electron chi connectivity index (χ2n) is 4.45. The molecule has 0 fully saturated rings. The SMILES string of the molecule is CCCCC(C(=O)O)n1nnnc1-c1ccc(F)cc1. The second kappa shape index (κ2) is 6.23. The summed E-state index contributed by atoms with van der Waals surface area (Å²) in [6.45, 7) is 1.99. The summed E-state index contributed by atoms with van der Waals surface area (Å²) in [5.74, 6) is -1.02. The van der Waals surface area contributed by atoms with Crippen LogP contribution in [-0.4, -0.2) is 31.3 Å². The average Bonchev–Trinajstić information content (AvgIpc) is 2.89. The quantitative estimate of drug-likeness (QED) is 0.876. The third kappa shape index (κ3) is 2.98. The van der Waals surface area contributed by atoms with Gasteiger partial charge in [0, 0.05) is 5.56 Å². The van der Waals surface area contributed by atoms with Crippen LogP contribution in [-0.2, 0) is 4.79 Å². The Morgan fingerprint density at radius 2 is 2.10 bits per heavy atom. The number of benzene rings is 1. The van der Waals surface area contributed by atoms with Crippen LogP contribution < -0.4 is 0 Å². The maximum atomic E-state index is 12.9. The Kier molecular flexibility index (Phi) is 4.39. The van der Waals surface area contributed by atoms with Crippen molar-refractivity contribution < 1.29 is 14.3 Å². The maximum absolute atomic E-state index is 12.9. The van der Waals surface area contributed by atoms with Crippen molar-refractivity contribution >= 4 is 5.97 Å². The van der Waals surface area contributed by atoms with Crippen LogP contribution >= 0.6 is 0 Å². The summed E-state index contributed by atoms with van der Waals surface area (Å²) < 4.78 is 14.2. The fraction of sp³-hybridized carbons (Fsp3) is 0.385. The monoisotopic (exact) mass is 278 g/mol. The molecule has 1 aromatic carbocycles. The van der Waals surface area contributed by atoms with E-state index in [0.717, 1.165) is 12.8 Å². The van der Waals surface area contributed by atoms with Crippen molar-refractivity contribution in [2.75, 3.05) is 0 Å². The lowest BCUT2D eigenvalue weighted by molar-refractivity contribution is -0.141. The number of hydrogen-bond donors (Lipinski definition) is 1. The predicted octanol–water partition coefficient (Wildman–Crippen LogP) is 2.30. The molecule has 0 aliphatic carbocycles. The molecule has 1 atom stereocenters. The van der Waals surface area contributed by atoms with Gasteiger partial charge in [0.25, 0.3) is 0 Å². The van der Waals surface area contributed by atoms with E-state index < -0.39 is 12.0 Å². The molecule has 0 aliphatic rings. The van der Waals surface area contributed by atoms with E-state index in [4.69, 9.17) is 0 Å². The second-order valence-corrected chi connectivity index (χ2v) is 4.45. The van der Waals surface area contributed by atoms with Gasteiger partial charge in [0.15, 0.2) is 11.9 Å². The van der Waals surface area contributed by atoms with Crippen molar-refractivity contribution in [3.05, 3.63) is 30.1 Å². The molecule has 20 heavy (non-hydrogen) atoms. The first kappa shape index (κ1) is 14.1. The summed E-state index contributed by atoms with van der Waals surface area (Å²) in [6, 6.07) is 4.81. The first-order valence-electron chi connectivity index (χ1n) is 6.40. The van der Waals surface area contributed by atoms with Crippen molar-refractivity contribution in [2.24, 2.45) is 0 Å². The molecule has 1 aromatic heterocycles. The van der Waals surface area contributed by atoms with Gasteiger partial charge in [-0.25, -0.2) is 13.9 Å². The minimum Gasteiger partial charge on any atom is -0.480 e. The third-order valence-corrected chi connectivity index (χ3v) is 3.01. The van der Waals surface area contributed by atoms with E-state index in [1.807, 2.05) is 6.92 Å². The predicted molar refractivity (Wildman–Crippen MR) is 69.4 cm³/mol. The van der Waals surface area contributed by atoms with Crippen LogP contribution in [0.5, 0.6) is 0 Å². The molecule has 0 radical (unpaired) electrons. The van der Waals surface area contributed by atoms with E-state index in [1.54, 1.807) is 0 Å². The number of rotatable bonds is 6. The number of nitrogens with zero attached hydrogens (tertiary/aromatic N) is 4. The van der Waals surface area contributed by atoms with E-state index in [-0.39, 0.29) is 5.82 Å². The number of aliphatic carboxylic acids is 1. The number of carbonyl (C=O) groups is 1. The van der Waals surface area contributed by atoms with Crippen molar-refractivity contribution in [2.45, 2.75) is 32.2 Å². The molecule has 0 amide bonds. The lowest BCUT2D eigenvalue weighted by atomic mass is 10.1. The number of carboxylic acid groups (broad SMARTS) is 1. The molecule has 6 nitrogen and oxygen atoms in total. The van der Waals surface area contributed by atoms with Crippen LogP contribution in [0.2, 0.25) is 0 Å². The van der Waals surface area contributed by atoms with Crippen molar-refractivity contribution in [3.8, 4) is 11.4 Å². The average molecular weight is 278 g/mol. The number of carboxylic acids is 1. The normalized spacial score (nSPS) is 12.3. The standard InChI is InChI=1S/C13H15FN4O2/c1-2-3-4-11(13(19)20)18-12(15-16-17-18)9-5-7-10(14)8-6-9/h5-8,11H,2-4H2,1H3,(H,19,20). The topological polar surface area (TPSA) is 80.9 Å². The van der Waals surface area contributed by atoms with Crippen LogP contribution in [0.3, 0.4) is 0 Å². The van der Waals surface area contributed by atoms with Crippen LogP contribution in [0.15, 0.2) is 24.3 Å². The van der Waals surface area contributed by atoms with Gasteiger partial charge in [0.05, 0.1) is 0 Å². The highest BCUT2D eigenvalue weighted by Gasteiger charge is 2.24. The van der Waals surface area contributed by atoms with E-state index in [0.29, 0.717) is 17.8 Å². The molecule has 1 unspecified atom stereocenters. The molecule has 1 heterocycles.